The molecule has 0 fully saturated rings. The Balaban J connectivity index is 2.33. The average molecular weight is 343 g/mol. The molecule has 1 aromatic carbocycles. The molecule has 0 saturated heterocycles. The van der Waals surface area contributed by atoms with Crippen molar-refractivity contribution in [2.45, 2.75) is 26.4 Å². The van der Waals surface area contributed by atoms with Gasteiger partial charge in [-0.1, -0.05) is 30.4 Å². The van der Waals surface area contributed by atoms with Gasteiger partial charge in [-0.3, -0.25) is 9.78 Å². The zero-order valence-electron chi connectivity index (χ0n) is 15.2. The summed E-state index contributed by atoms with van der Waals surface area (Å²) in [4.78, 5) is 16.6. The quantitative estimate of drug-likeness (QED) is 0.779. The van der Waals surface area contributed by atoms with Crippen LogP contribution in [0.3, 0.4) is 0 Å². The van der Waals surface area contributed by atoms with E-state index in [1.54, 1.807) is 14.0 Å². The lowest BCUT2D eigenvalue weighted by molar-refractivity contribution is -0.149. The summed E-state index contributed by atoms with van der Waals surface area (Å²) in [5.74, 6) is -0.295. The summed E-state index contributed by atoms with van der Waals surface area (Å²) >= 11 is 0. The molecule has 2 rings (SSSR count). The van der Waals surface area contributed by atoms with Crippen molar-refractivity contribution < 1.29 is 19.4 Å². The Morgan fingerprint density at radius 2 is 2.04 bits per heavy atom. The number of esters is 1. The van der Waals surface area contributed by atoms with E-state index in [1.807, 2.05) is 49.4 Å². The maximum Gasteiger partial charge on any atom is 0.315 e. The standard InChI is InChI=1S/C20H25NO4/c1-14(22)17-8-7-16-6-5-15(13-18(16)21-17)9-10-20(2,11-12-24-3)19(23)25-4/h5-10,13-14,22H,11-12H2,1-4H3. The van der Waals surface area contributed by atoms with Crippen molar-refractivity contribution in [2.24, 2.45) is 5.41 Å². The molecule has 1 aromatic heterocycles. The zero-order valence-corrected chi connectivity index (χ0v) is 15.2. The van der Waals surface area contributed by atoms with Crippen molar-refractivity contribution in [3.05, 3.63) is 47.7 Å². The van der Waals surface area contributed by atoms with Gasteiger partial charge in [-0.05, 0) is 38.0 Å². The summed E-state index contributed by atoms with van der Waals surface area (Å²) in [6.07, 6.45) is 3.66. The van der Waals surface area contributed by atoms with Crippen LogP contribution < -0.4 is 0 Å². The predicted molar refractivity (Wildman–Crippen MR) is 98.0 cm³/mol. The minimum atomic E-state index is -0.755. The van der Waals surface area contributed by atoms with Crippen LogP contribution in [0, 0.1) is 5.41 Å². The number of hydrogen-bond donors (Lipinski definition) is 1. The lowest BCUT2D eigenvalue weighted by Gasteiger charge is -2.22. The number of benzene rings is 1. The first-order chi connectivity index (χ1) is 11.9. The van der Waals surface area contributed by atoms with E-state index < -0.39 is 11.5 Å². The van der Waals surface area contributed by atoms with Gasteiger partial charge in [0.2, 0.25) is 0 Å². The number of pyridine rings is 1. The van der Waals surface area contributed by atoms with Gasteiger partial charge in [-0.2, -0.15) is 0 Å². The number of carbonyl (C=O) groups excluding carboxylic acids is 1. The van der Waals surface area contributed by atoms with Crippen molar-refractivity contribution in [3.8, 4) is 0 Å². The molecule has 0 aliphatic rings. The van der Waals surface area contributed by atoms with Crippen LogP contribution in [0.2, 0.25) is 0 Å². The number of methoxy groups -OCH3 is 2. The second-order valence-electron chi connectivity index (χ2n) is 6.35. The van der Waals surface area contributed by atoms with E-state index in [0.717, 1.165) is 16.5 Å². The molecule has 0 bridgehead atoms. The summed E-state index contributed by atoms with van der Waals surface area (Å²) in [5, 5.41) is 10.7. The summed E-state index contributed by atoms with van der Waals surface area (Å²) in [6, 6.07) is 9.64. The highest BCUT2D eigenvalue weighted by Crippen LogP contribution is 2.27. The molecule has 0 saturated carbocycles. The molecule has 0 spiro atoms. The van der Waals surface area contributed by atoms with Crippen molar-refractivity contribution >= 4 is 22.9 Å². The number of nitrogens with zero attached hydrogens (tertiary/aromatic N) is 1. The second kappa shape index (κ2) is 8.23. The SMILES string of the molecule is COCCC(C)(C=Cc1ccc2ccc(C(C)O)nc2c1)C(=O)OC. The van der Waals surface area contributed by atoms with Gasteiger partial charge in [0.1, 0.15) is 0 Å². The molecule has 2 unspecified atom stereocenters. The number of carbonyl (C=O) groups is 1. The number of hydrogen-bond acceptors (Lipinski definition) is 5. The van der Waals surface area contributed by atoms with Crippen LogP contribution in [0.15, 0.2) is 36.4 Å². The van der Waals surface area contributed by atoms with Crippen LogP contribution in [-0.2, 0) is 14.3 Å². The zero-order chi connectivity index (χ0) is 18.4. The van der Waals surface area contributed by atoms with Crippen LogP contribution in [0.25, 0.3) is 17.0 Å². The van der Waals surface area contributed by atoms with Gasteiger partial charge in [-0.15, -0.1) is 0 Å². The lowest BCUT2D eigenvalue weighted by Crippen LogP contribution is -2.28. The van der Waals surface area contributed by atoms with E-state index in [-0.39, 0.29) is 5.97 Å². The average Bonchev–Trinajstić information content (AvgIpc) is 2.63. The van der Waals surface area contributed by atoms with Gasteiger partial charge in [-0.25, -0.2) is 0 Å². The third-order valence-corrected chi connectivity index (χ3v) is 4.29. The molecule has 0 aliphatic heterocycles. The first kappa shape index (κ1) is 19.1. The topological polar surface area (TPSA) is 68.7 Å². The number of aliphatic hydroxyl groups excluding tert-OH is 1. The fraction of sp³-hybridized carbons (Fsp3) is 0.400. The molecule has 5 nitrogen and oxygen atoms in total. The molecule has 0 radical (unpaired) electrons. The van der Waals surface area contributed by atoms with Gasteiger partial charge in [0.05, 0.1) is 29.8 Å². The normalized spacial score (nSPS) is 15.2. The van der Waals surface area contributed by atoms with Crippen molar-refractivity contribution in [2.75, 3.05) is 20.8 Å². The van der Waals surface area contributed by atoms with Gasteiger partial charge >= 0.3 is 5.97 Å². The monoisotopic (exact) mass is 343 g/mol. The van der Waals surface area contributed by atoms with Gasteiger partial charge in [0.15, 0.2) is 0 Å². The maximum absolute atomic E-state index is 12.1. The molecule has 2 aromatic rings. The number of fused-ring (bicyclic) bond motifs is 1. The minimum absolute atomic E-state index is 0.295. The Bertz CT molecular complexity index is 769. The van der Waals surface area contributed by atoms with Crippen LogP contribution in [-0.4, -0.2) is 36.9 Å². The number of aromatic nitrogens is 1. The summed E-state index contributed by atoms with van der Waals surface area (Å²) < 4.78 is 10.0. The van der Waals surface area contributed by atoms with Gasteiger partial charge in [0.25, 0.3) is 0 Å². The van der Waals surface area contributed by atoms with Crippen LogP contribution in [0.5, 0.6) is 0 Å². The predicted octanol–water partition coefficient (Wildman–Crippen LogP) is 3.52. The Kier molecular flexibility index (Phi) is 6.28. The highest BCUT2D eigenvalue weighted by molar-refractivity contribution is 5.83. The maximum atomic E-state index is 12.1. The molecule has 1 heterocycles. The van der Waals surface area contributed by atoms with E-state index in [1.165, 1.54) is 7.11 Å². The van der Waals surface area contributed by atoms with Crippen molar-refractivity contribution in [1.29, 1.82) is 0 Å². The van der Waals surface area contributed by atoms with Crippen LogP contribution in [0.4, 0.5) is 0 Å². The molecular weight excluding hydrogens is 318 g/mol. The molecule has 2 atom stereocenters. The first-order valence-electron chi connectivity index (χ1n) is 8.25. The molecule has 5 heteroatoms. The Morgan fingerprint density at radius 3 is 2.68 bits per heavy atom. The third kappa shape index (κ3) is 4.65. The molecule has 134 valence electrons. The van der Waals surface area contributed by atoms with Crippen molar-refractivity contribution in [3.63, 3.8) is 0 Å². The van der Waals surface area contributed by atoms with E-state index in [2.05, 4.69) is 4.98 Å². The van der Waals surface area contributed by atoms with Crippen LogP contribution >= 0.6 is 0 Å². The molecule has 0 aliphatic carbocycles. The van der Waals surface area contributed by atoms with E-state index in [4.69, 9.17) is 9.47 Å². The summed E-state index contributed by atoms with van der Waals surface area (Å²) in [7, 11) is 2.99. The van der Waals surface area contributed by atoms with E-state index in [9.17, 15) is 9.90 Å². The van der Waals surface area contributed by atoms with Crippen molar-refractivity contribution in [1.82, 2.24) is 4.98 Å². The minimum Gasteiger partial charge on any atom is -0.468 e. The lowest BCUT2D eigenvalue weighted by atomic mass is 9.86. The van der Waals surface area contributed by atoms with Crippen LogP contribution in [0.1, 0.15) is 37.6 Å². The first-order valence-corrected chi connectivity index (χ1v) is 8.25. The number of ether oxygens (including phenoxy) is 2. The highest BCUT2D eigenvalue weighted by Gasteiger charge is 2.31. The van der Waals surface area contributed by atoms with Gasteiger partial charge < -0.3 is 14.6 Å². The summed E-state index contributed by atoms with van der Waals surface area (Å²) in [6.45, 7) is 3.99. The third-order valence-electron chi connectivity index (χ3n) is 4.29. The Hall–Kier alpha value is -2.24. The fourth-order valence-corrected chi connectivity index (χ4v) is 2.57. The van der Waals surface area contributed by atoms with E-state index in [0.29, 0.717) is 18.7 Å². The van der Waals surface area contributed by atoms with Gasteiger partial charge in [0, 0.05) is 19.1 Å². The Labute approximate surface area is 148 Å². The largest absolute Gasteiger partial charge is 0.468 e. The highest BCUT2D eigenvalue weighted by atomic mass is 16.5. The second-order valence-corrected chi connectivity index (χ2v) is 6.35. The molecule has 0 amide bonds. The number of rotatable bonds is 7. The molecular formula is C20H25NO4. The summed E-state index contributed by atoms with van der Waals surface area (Å²) in [5.41, 5.74) is 1.61. The Morgan fingerprint density at radius 1 is 1.32 bits per heavy atom. The smallest absolute Gasteiger partial charge is 0.315 e. The molecule has 25 heavy (non-hydrogen) atoms. The van der Waals surface area contributed by atoms with E-state index >= 15 is 0 Å². The molecule has 1 N–H and O–H groups in total. The fourth-order valence-electron chi connectivity index (χ4n) is 2.57. The number of aliphatic hydroxyl groups is 1.